The molecule has 1 atom stereocenters. The van der Waals surface area contributed by atoms with E-state index in [4.69, 9.17) is 0 Å². The quantitative estimate of drug-likeness (QED) is 0.887. The van der Waals surface area contributed by atoms with E-state index in [0.29, 0.717) is 0 Å². The fraction of sp³-hybridized carbons (Fsp3) is 0.600. The summed E-state index contributed by atoms with van der Waals surface area (Å²) >= 11 is 0. The van der Waals surface area contributed by atoms with Gasteiger partial charge in [-0.15, -0.1) is 0 Å². The second kappa shape index (κ2) is 5.19. The lowest BCUT2D eigenvalue weighted by Gasteiger charge is -2.31. The minimum Gasteiger partial charge on any atom is -0.306 e. The molecule has 0 radical (unpaired) electrons. The Labute approximate surface area is 109 Å². The van der Waals surface area contributed by atoms with Gasteiger partial charge in [0.15, 0.2) is 5.78 Å². The Kier molecular flexibility index (Phi) is 3.81. The molecule has 3 nitrogen and oxygen atoms in total. The molecule has 1 N–H and O–H groups in total. The molecular weight excluding hydrogens is 224 g/mol. The molecular formula is C15H22N2O. The molecule has 1 aromatic rings. The summed E-state index contributed by atoms with van der Waals surface area (Å²) in [6, 6.07) is 4.06. The summed E-state index contributed by atoms with van der Waals surface area (Å²) in [5.74, 6) is 0.230. The van der Waals surface area contributed by atoms with Crippen LogP contribution in [-0.2, 0) is 11.2 Å². The Morgan fingerprint density at radius 1 is 1.56 bits per heavy atom. The molecule has 1 heterocycles. The van der Waals surface area contributed by atoms with Crippen LogP contribution in [0.1, 0.15) is 50.8 Å². The number of hydrogen-bond donors (Lipinski definition) is 1. The van der Waals surface area contributed by atoms with Gasteiger partial charge < -0.3 is 5.32 Å². The number of carbonyl (C=O) groups is 1. The van der Waals surface area contributed by atoms with Crippen LogP contribution in [0.2, 0.25) is 0 Å². The summed E-state index contributed by atoms with van der Waals surface area (Å²) in [4.78, 5) is 17.1. The van der Waals surface area contributed by atoms with E-state index in [1.807, 2.05) is 26.8 Å². The summed E-state index contributed by atoms with van der Waals surface area (Å²) in [5, 5.41) is 3.27. The summed E-state index contributed by atoms with van der Waals surface area (Å²) < 4.78 is 0. The number of nitrogens with one attached hydrogen (secondary N) is 1. The molecule has 0 amide bonds. The van der Waals surface area contributed by atoms with Gasteiger partial charge in [0.1, 0.15) is 0 Å². The van der Waals surface area contributed by atoms with E-state index in [2.05, 4.69) is 16.4 Å². The maximum Gasteiger partial charge on any atom is 0.161 e. The third kappa shape index (κ3) is 2.46. The molecule has 1 unspecified atom stereocenters. The highest BCUT2D eigenvalue weighted by atomic mass is 16.1. The van der Waals surface area contributed by atoms with Crippen LogP contribution in [0.5, 0.6) is 0 Å². The van der Waals surface area contributed by atoms with E-state index >= 15 is 0 Å². The predicted octanol–water partition coefficient (Wildman–Crippen LogP) is 2.46. The summed E-state index contributed by atoms with van der Waals surface area (Å²) in [5.41, 5.74) is 1.78. The first-order chi connectivity index (χ1) is 8.56. The standard InChI is InChI=1S/C15H22N2O/c1-4-17-15(2,3)14(18)12-9-5-7-11-8-6-10-16-13(11)12/h6,8,10,12,17H,4-5,7,9H2,1-3H3. The molecule has 1 aliphatic carbocycles. The number of carbonyl (C=O) groups excluding carboxylic acids is 1. The van der Waals surface area contributed by atoms with Crippen molar-refractivity contribution in [1.82, 2.24) is 10.3 Å². The number of ketones is 1. The van der Waals surface area contributed by atoms with Crippen molar-refractivity contribution < 1.29 is 4.79 Å². The van der Waals surface area contributed by atoms with Crippen LogP contribution in [0.25, 0.3) is 0 Å². The van der Waals surface area contributed by atoms with E-state index < -0.39 is 5.54 Å². The van der Waals surface area contributed by atoms with Gasteiger partial charge in [-0.3, -0.25) is 9.78 Å². The second-order valence-corrected chi connectivity index (χ2v) is 5.51. The van der Waals surface area contributed by atoms with Crippen molar-refractivity contribution >= 4 is 5.78 Å². The van der Waals surface area contributed by atoms with Gasteiger partial charge in [-0.25, -0.2) is 0 Å². The topological polar surface area (TPSA) is 42.0 Å². The maximum absolute atomic E-state index is 12.7. The van der Waals surface area contributed by atoms with Gasteiger partial charge in [-0.2, -0.15) is 0 Å². The third-order valence-electron chi connectivity index (χ3n) is 3.75. The van der Waals surface area contributed by atoms with Gasteiger partial charge >= 0.3 is 0 Å². The molecule has 1 aliphatic rings. The predicted molar refractivity (Wildman–Crippen MR) is 72.7 cm³/mol. The van der Waals surface area contributed by atoms with Crippen LogP contribution in [-0.4, -0.2) is 22.9 Å². The van der Waals surface area contributed by atoms with Crippen molar-refractivity contribution in [3.8, 4) is 0 Å². The fourth-order valence-corrected chi connectivity index (χ4v) is 2.83. The molecule has 18 heavy (non-hydrogen) atoms. The zero-order valence-electron chi connectivity index (χ0n) is 11.5. The van der Waals surface area contributed by atoms with E-state index in [1.165, 1.54) is 5.56 Å². The van der Waals surface area contributed by atoms with Crippen LogP contribution in [0, 0.1) is 0 Å². The molecule has 0 bridgehead atoms. The number of likely N-dealkylation sites (N-methyl/N-ethyl adjacent to an activating group) is 1. The van der Waals surface area contributed by atoms with Gasteiger partial charge in [0.05, 0.1) is 17.2 Å². The average Bonchev–Trinajstić information content (AvgIpc) is 2.37. The van der Waals surface area contributed by atoms with Crippen LogP contribution < -0.4 is 5.32 Å². The molecule has 1 aromatic heterocycles. The lowest BCUT2D eigenvalue weighted by atomic mass is 9.78. The number of hydrogen-bond acceptors (Lipinski definition) is 3. The molecule has 2 rings (SSSR count). The number of nitrogens with zero attached hydrogens (tertiary/aromatic N) is 1. The lowest BCUT2D eigenvalue weighted by Crippen LogP contribution is -2.49. The lowest BCUT2D eigenvalue weighted by molar-refractivity contribution is -0.126. The molecule has 0 fully saturated rings. The number of fused-ring (bicyclic) bond motifs is 1. The zero-order chi connectivity index (χ0) is 13.2. The first-order valence-corrected chi connectivity index (χ1v) is 6.79. The molecule has 3 heteroatoms. The van der Waals surface area contributed by atoms with Gasteiger partial charge in [0.2, 0.25) is 0 Å². The molecule has 0 saturated carbocycles. The number of Topliss-reactive ketones (excluding diaryl/α,β-unsaturated/α-hetero) is 1. The van der Waals surface area contributed by atoms with Crippen LogP contribution >= 0.6 is 0 Å². The number of rotatable bonds is 4. The number of aromatic nitrogens is 1. The van der Waals surface area contributed by atoms with E-state index in [-0.39, 0.29) is 11.7 Å². The smallest absolute Gasteiger partial charge is 0.161 e. The van der Waals surface area contributed by atoms with Crippen LogP contribution in [0.15, 0.2) is 18.3 Å². The van der Waals surface area contributed by atoms with E-state index in [9.17, 15) is 4.79 Å². The van der Waals surface area contributed by atoms with E-state index in [1.54, 1.807) is 6.20 Å². The Morgan fingerprint density at radius 2 is 2.33 bits per heavy atom. The Balaban J connectivity index is 2.28. The molecule has 98 valence electrons. The molecule has 0 aliphatic heterocycles. The highest BCUT2D eigenvalue weighted by molar-refractivity contribution is 5.93. The summed E-state index contributed by atoms with van der Waals surface area (Å²) in [7, 11) is 0. The molecule has 0 saturated heterocycles. The zero-order valence-corrected chi connectivity index (χ0v) is 11.5. The van der Waals surface area contributed by atoms with Gasteiger partial charge in [0.25, 0.3) is 0 Å². The normalized spacial score (nSPS) is 19.4. The summed E-state index contributed by atoms with van der Waals surface area (Å²) in [6.45, 7) is 6.77. The van der Waals surface area contributed by atoms with Crippen LogP contribution in [0.3, 0.4) is 0 Å². The molecule has 0 aromatic carbocycles. The monoisotopic (exact) mass is 246 g/mol. The first kappa shape index (κ1) is 13.2. The van der Waals surface area contributed by atoms with Gasteiger partial charge in [-0.1, -0.05) is 13.0 Å². The molecule has 0 spiro atoms. The Bertz CT molecular complexity index is 440. The van der Waals surface area contributed by atoms with Crippen molar-refractivity contribution in [2.24, 2.45) is 0 Å². The Morgan fingerprint density at radius 3 is 3.06 bits per heavy atom. The average molecular weight is 246 g/mol. The van der Waals surface area contributed by atoms with Crippen molar-refractivity contribution in [1.29, 1.82) is 0 Å². The van der Waals surface area contributed by atoms with Gasteiger partial charge in [-0.05, 0) is 51.3 Å². The minimum atomic E-state index is -0.467. The second-order valence-electron chi connectivity index (χ2n) is 5.51. The minimum absolute atomic E-state index is 0.0380. The van der Waals surface area contributed by atoms with Crippen molar-refractivity contribution in [3.63, 3.8) is 0 Å². The number of aryl methyl sites for hydroxylation is 1. The number of pyridine rings is 1. The Hall–Kier alpha value is -1.22. The third-order valence-corrected chi connectivity index (χ3v) is 3.75. The summed E-state index contributed by atoms with van der Waals surface area (Å²) in [6.07, 6.45) is 4.86. The maximum atomic E-state index is 12.7. The van der Waals surface area contributed by atoms with Crippen molar-refractivity contribution in [3.05, 3.63) is 29.6 Å². The van der Waals surface area contributed by atoms with Crippen LogP contribution in [0.4, 0.5) is 0 Å². The highest BCUT2D eigenvalue weighted by Gasteiger charge is 2.36. The highest BCUT2D eigenvalue weighted by Crippen LogP contribution is 2.33. The fourth-order valence-electron chi connectivity index (χ4n) is 2.83. The van der Waals surface area contributed by atoms with Crippen molar-refractivity contribution in [2.75, 3.05) is 6.54 Å². The first-order valence-electron chi connectivity index (χ1n) is 6.79. The largest absolute Gasteiger partial charge is 0.306 e. The van der Waals surface area contributed by atoms with Gasteiger partial charge in [0, 0.05) is 6.20 Å². The van der Waals surface area contributed by atoms with Crippen molar-refractivity contribution in [2.45, 2.75) is 51.5 Å². The van der Waals surface area contributed by atoms with E-state index in [0.717, 1.165) is 31.5 Å². The SMILES string of the molecule is CCNC(C)(C)C(=O)C1CCCc2cccnc21.